The minimum absolute atomic E-state index is 0.0424. The van der Waals surface area contributed by atoms with E-state index < -0.39 is 26.8 Å². The standard InChI is InChI=1S/C8H9F3N2O4S/c1-16-13(17-2)18(14,15)6-4-3-5-12-7(6)8(9,10)11/h3-5H,1-2H3. The van der Waals surface area contributed by atoms with E-state index in [1.165, 1.54) is 0 Å². The van der Waals surface area contributed by atoms with E-state index in [0.717, 1.165) is 32.5 Å². The van der Waals surface area contributed by atoms with Crippen molar-refractivity contribution in [1.29, 1.82) is 0 Å². The van der Waals surface area contributed by atoms with Crippen molar-refractivity contribution in [2.75, 3.05) is 14.2 Å². The predicted octanol–water partition coefficient (Wildman–Crippen LogP) is 1.21. The fraction of sp³-hybridized carbons (Fsp3) is 0.375. The summed E-state index contributed by atoms with van der Waals surface area (Å²) in [4.78, 5) is 10.6. The van der Waals surface area contributed by atoms with Crippen LogP contribution in [0.5, 0.6) is 0 Å². The van der Waals surface area contributed by atoms with E-state index in [1.807, 2.05) is 0 Å². The minimum Gasteiger partial charge on any atom is -0.264 e. The second-order valence-corrected chi connectivity index (χ2v) is 4.60. The van der Waals surface area contributed by atoms with Gasteiger partial charge in [0, 0.05) is 6.20 Å². The van der Waals surface area contributed by atoms with Crippen molar-refractivity contribution in [2.24, 2.45) is 0 Å². The van der Waals surface area contributed by atoms with Gasteiger partial charge in [-0.2, -0.15) is 13.2 Å². The zero-order valence-corrected chi connectivity index (χ0v) is 10.1. The summed E-state index contributed by atoms with van der Waals surface area (Å²) < 4.78 is 61.4. The van der Waals surface area contributed by atoms with Gasteiger partial charge in [-0.3, -0.25) is 14.7 Å². The first-order chi connectivity index (χ1) is 8.25. The maximum atomic E-state index is 12.6. The monoisotopic (exact) mass is 286 g/mol. The third kappa shape index (κ3) is 2.77. The van der Waals surface area contributed by atoms with Crippen molar-refractivity contribution >= 4 is 10.0 Å². The van der Waals surface area contributed by atoms with Gasteiger partial charge in [0.2, 0.25) is 0 Å². The summed E-state index contributed by atoms with van der Waals surface area (Å²) in [5, 5.41) is 0. The first kappa shape index (κ1) is 14.8. The van der Waals surface area contributed by atoms with Gasteiger partial charge in [-0.25, -0.2) is 8.42 Å². The molecule has 0 saturated carbocycles. The highest BCUT2D eigenvalue weighted by atomic mass is 32.2. The van der Waals surface area contributed by atoms with Crippen molar-refractivity contribution in [3.05, 3.63) is 24.0 Å². The molecule has 0 amide bonds. The number of hydrogen-bond donors (Lipinski definition) is 0. The molecular formula is C8H9F3N2O4S. The smallest absolute Gasteiger partial charge is 0.264 e. The molecule has 102 valence electrons. The molecule has 1 aromatic rings. The van der Waals surface area contributed by atoms with Crippen LogP contribution in [0.2, 0.25) is 0 Å². The summed E-state index contributed by atoms with van der Waals surface area (Å²) in [6.45, 7) is 0. The molecule has 0 aliphatic heterocycles. The summed E-state index contributed by atoms with van der Waals surface area (Å²) >= 11 is 0. The SMILES string of the molecule is CON(OC)S(=O)(=O)c1cccnc1C(F)(F)F. The zero-order chi connectivity index (χ0) is 14.0. The van der Waals surface area contributed by atoms with Crippen LogP contribution in [0.4, 0.5) is 13.2 Å². The van der Waals surface area contributed by atoms with Gasteiger partial charge >= 0.3 is 6.18 Å². The molecule has 1 aromatic heterocycles. The van der Waals surface area contributed by atoms with Crippen molar-refractivity contribution in [1.82, 2.24) is 9.62 Å². The van der Waals surface area contributed by atoms with Crippen LogP contribution in [-0.4, -0.2) is 32.3 Å². The van der Waals surface area contributed by atoms with Gasteiger partial charge in [-0.1, -0.05) is 0 Å². The fourth-order valence-electron chi connectivity index (χ4n) is 1.16. The summed E-state index contributed by atoms with van der Waals surface area (Å²) in [6, 6.07) is 1.82. The number of alkyl halides is 3. The Bertz CT molecular complexity index is 513. The van der Waals surface area contributed by atoms with E-state index in [0.29, 0.717) is 0 Å². The Labute approximate surface area is 101 Å². The lowest BCUT2D eigenvalue weighted by Crippen LogP contribution is -2.31. The van der Waals surface area contributed by atoms with Crippen LogP contribution >= 0.6 is 0 Å². The van der Waals surface area contributed by atoms with Crippen LogP contribution in [-0.2, 0) is 25.9 Å². The zero-order valence-electron chi connectivity index (χ0n) is 9.30. The molecule has 0 radical (unpaired) electrons. The normalized spacial score (nSPS) is 13.0. The van der Waals surface area contributed by atoms with Gasteiger partial charge in [-0.15, -0.1) is 0 Å². The summed E-state index contributed by atoms with van der Waals surface area (Å²) in [5.74, 6) is 0. The molecular weight excluding hydrogens is 277 g/mol. The highest BCUT2D eigenvalue weighted by Gasteiger charge is 2.41. The number of nitrogens with zero attached hydrogens (tertiary/aromatic N) is 2. The molecule has 10 heteroatoms. The largest absolute Gasteiger partial charge is 0.434 e. The molecule has 0 spiro atoms. The Hall–Kier alpha value is -1.23. The number of sulfonamides is 1. The Kier molecular flexibility index (Phi) is 4.27. The van der Waals surface area contributed by atoms with E-state index >= 15 is 0 Å². The Morgan fingerprint density at radius 2 is 1.83 bits per heavy atom. The van der Waals surface area contributed by atoms with Crippen LogP contribution < -0.4 is 0 Å². The van der Waals surface area contributed by atoms with Crippen LogP contribution in [0.3, 0.4) is 0 Å². The predicted molar refractivity (Wildman–Crippen MR) is 52.3 cm³/mol. The van der Waals surface area contributed by atoms with Crippen molar-refractivity contribution < 1.29 is 31.3 Å². The van der Waals surface area contributed by atoms with Crippen molar-refractivity contribution in [2.45, 2.75) is 11.1 Å². The highest BCUT2D eigenvalue weighted by Crippen LogP contribution is 2.33. The van der Waals surface area contributed by atoms with Gasteiger partial charge in [0.25, 0.3) is 10.0 Å². The molecule has 0 aliphatic carbocycles. The van der Waals surface area contributed by atoms with Gasteiger partial charge in [0.05, 0.1) is 18.9 Å². The van der Waals surface area contributed by atoms with Gasteiger partial charge in [-0.05, 0) is 12.1 Å². The van der Waals surface area contributed by atoms with E-state index in [2.05, 4.69) is 14.7 Å². The summed E-state index contributed by atoms with van der Waals surface area (Å²) in [5.41, 5.74) is -1.54. The Balaban J connectivity index is 3.43. The molecule has 1 heterocycles. The molecule has 0 aromatic carbocycles. The van der Waals surface area contributed by atoms with Crippen LogP contribution in [0, 0.1) is 0 Å². The van der Waals surface area contributed by atoms with E-state index in [4.69, 9.17) is 0 Å². The molecule has 0 unspecified atom stereocenters. The van der Waals surface area contributed by atoms with Crippen molar-refractivity contribution in [3.8, 4) is 0 Å². The molecule has 0 N–H and O–H groups in total. The molecule has 0 atom stereocenters. The highest BCUT2D eigenvalue weighted by molar-refractivity contribution is 7.88. The summed E-state index contributed by atoms with van der Waals surface area (Å²) in [6.07, 6.45) is -4.07. The first-order valence-corrected chi connectivity index (χ1v) is 5.85. The molecule has 0 bridgehead atoms. The molecule has 18 heavy (non-hydrogen) atoms. The first-order valence-electron chi connectivity index (χ1n) is 4.41. The number of pyridine rings is 1. The average Bonchev–Trinajstić information content (AvgIpc) is 2.29. The fourth-order valence-corrected chi connectivity index (χ4v) is 2.38. The van der Waals surface area contributed by atoms with E-state index in [1.54, 1.807) is 0 Å². The summed E-state index contributed by atoms with van der Waals surface area (Å²) in [7, 11) is -2.74. The third-order valence-corrected chi connectivity index (χ3v) is 3.39. The molecule has 0 aliphatic rings. The second kappa shape index (κ2) is 5.18. The number of halogens is 3. The van der Waals surface area contributed by atoms with Crippen LogP contribution in [0.25, 0.3) is 0 Å². The number of hydrogen-bond acceptors (Lipinski definition) is 5. The van der Waals surface area contributed by atoms with E-state index in [-0.39, 0.29) is 4.63 Å². The van der Waals surface area contributed by atoms with Gasteiger partial charge < -0.3 is 0 Å². The average molecular weight is 286 g/mol. The molecule has 0 fully saturated rings. The minimum atomic E-state index is -4.91. The van der Waals surface area contributed by atoms with Gasteiger partial charge in [0.1, 0.15) is 4.90 Å². The number of aromatic nitrogens is 1. The van der Waals surface area contributed by atoms with Crippen LogP contribution in [0.15, 0.2) is 23.2 Å². The lowest BCUT2D eigenvalue weighted by Gasteiger charge is -2.18. The van der Waals surface area contributed by atoms with E-state index in [9.17, 15) is 21.6 Å². The lowest BCUT2D eigenvalue weighted by molar-refractivity contribution is -0.270. The topological polar surface area (TPSA) is 68.7 Å². The van der Waals surface area contributed by atoms with Gasteiger partial charge in [0.15, 0.2) is 5.69 Å². The molecule has 6 nitrogen and oxygen atoms in total. The van der Waals surface area contributed by atoms with Crippen LogP contribution in [0.1, 0.15) is 5.69 Å². The lowest BCUT2D eigenvalue weighted by atomic mass is 10.3. The third-order valence-electron chi connectivity index (χ3n) is 1.81. The quantitative estimate of drug-likeness (QED) is 0.778. The molecule has 0 saturated heterocycles. The number of rotatable bonds is 4. The maximum Gasteiger partial charge on any atom is 0.434 e. The second-order valence-electron chi connectivity index (χ2n) is 2.91. The maximum absolute atomic E-state index is 12.6. The van der Waals surface area contributed by atoms with Crippen molar-refractivity contribution in [3.63, 3.8) is 0 Å². The Morgan fingerprint density at radius 3 is 2.28 bits per heavy atom. The Morgan fingerprint density at radius 1 is 1.28 bits per heavy atom. The molecule has 1 rings (SSSR count).